The van der Waals surface area contributed by atoms with Gasteiger partial charge in [-0.05, 0) is 42.8 Å². The molecule has 0 fully saturated rings. The molecule has 0 aliphatic heterocycles. The van der Waals surface area contributed by atoms with Crippen LogP contribution in [-0.4, -0.2) is 43.0 Å². The summed E-state index contributed by atoms with van der Waals surface area (Å²) in [6.07, 6.45) is 0. The van der Waals surface area contributed by atoms with E-state index in [-0.39, 0.29) is 35.3 Å². The van der Waals surface area contributed by atoms with Gasteiger partial charge in [-0.2, -0.15) is 13.6 Å². The Hall–Kier alpha value is -0.960. The summed E-state index contributed by atoms with van der Waals surface area (Å²) in [7, 11) is -4.00. The molecule has 0 unspecified atom stereocenters. The Morgan fingerprint density at radius 2 is 1.91 bits per heavy atom. The molecule has 3 rings (SSSR count). The maximum absolute atomic E-state index is 10.9. The Labute approximate surface area is 154 Å². The van der Waals surface area contributed by atoms with Crippen LogP contribution < -0.4 is 9.32 Å². The fourth-order valence-electron chi connectivity index (χ4n) is 2.05. The molecule has 3 aromatic rings. The van der Waals surface area contributed by atoms with Gasteiger partial charge in [0.1, 0.15) is 10.8 Å². The number of fused-ring (bicyclic) bond motifs is 1. The van der Waals surface area contributed by atoms with Crippen molar-refractivity contribution in [2.45, 2.75) is 6.92 Å². The average Bonchev–Trinajstić information content (AvgIpc) is 2.80. The van der Waals surface area contributed by atoms with Gasteiger partial charge in [0.05, 0.1) is 10.2 Å². The fraction of sp³-hybridized carbons (Fsp3) is 0.0714. The van der Waals surface area contributed by atoms with E-state index in [1.807, 2.05) is 31.2 Å². The summed E-state index contributed by atoms with van der Waals surface area (Å²) in [6, 6.07) is 12.9. The first-order valence-corrected chi connectivity index (χ1v) is 8.40. The predicted octanol–water partition coefficient (Wildman–Crippen LogP) is 2.21. The minimum atomic E-state index is -4.00. The number of rotatable bonds is 3. The van der Waals surface area contributed by atoms with Crippen molar-refractivity contribution in [3.63, 3.8) is 0 Å². The molecule has 0 saturated heterocycles. The summed E-state index contributed by atoms with van der Waals surface area (Å²) in [5, 5.41) is 5.74. The molecule has 0 atom stereocenters. The van der Waals surface area contributed by atoms with Crippen molar-refractivity contribution in [1.82, 2.24) is 4.98 Å². The van der Waals surface area contributed by atoms with E-state index in [2.05, 4.69) is 9.17 Å². The molecule has 2 aromatic carbocycles. The van der Waals surface area contributed by atoms with Crippen LogP contribution in [0.25, 0.3) is 20.8 Å². The van der Waals surface area contributed by atoms with E-state index in [1.165, 1.54) is 0 Å². The monoisotopic (exact) mass is 344 g/mol. The van der Waals surface area contributed by atoms with Gasteiger partial charge in [0.2, 0.25) is 0 Å². The molecule has 5 nitrogen and oxygen atoms in total. The molecule has 0 aliphatic rings. The zero-order chi connectivity index (χ0) is 15.0. The molecule has 22 heavy (non-hydrogen) atoms. The number of nitrogens with zero attached hydrogens (tertiary/aromatic N) is 1. The molecule has 0 aliphatic carbocycles. The summed E-state index contributed by atoms with van der Waals surface area (Å²) < 4.78 is 27.6. The van der Waals surface area contributed by atoms with Crippen LogP contribution >= 0.6 is 11.3 Å². The van der Waals surface area contributed by atoms with Gasteiger partial charge in [0, 0.05) is 5.56 Å². The van der Waals surface area contributed by atoms with Crippen molar-refractivity contribution in [1.29, 1.82) is 0 Å². The van der Waals surface area contributed by atoms with Gasteiger partial charge >= 0.3 is 39.9 Å². The standard InChI is InChI=1S/C14H12N2O3S2.Na.H/c1-9-8-10(19-21(15,17)18)6-7-11(9)14-16-12-4-2-3-5-13(12)20-14;;/h2-8H,1H3,(H2,15,17,18);;. The summed E-state index contributed by atoms with van der Waals surface area (Å²) in [5.74, 6) is 0.194. The van der Waals surface area contributed by atoms with Crippen molar-refractivity contribution < 1.29 is 12.6 Å². The van der Waals surface area contributed by atoms with Gasteiger partial charge in [-0.15, -0.1) is 11.3 Å². The Bertz CT molecular complexity index is 890. The molecule has 8 heteroatoms. The number of hydrogen-bond acceptors (Lipinski definition) is 5. The number of hydrogen-bond donors (Lipinski definition) is 1. The predicted molar refractivity (Wildman–Crippen MR) is 90.7 cm³/mol. The first-order valence-electron chi connectivity index (χ1n) is 6.11. The second-order valence-corrected chi connectivity index (χ2v) is 6.72. The molecule has 0 radical (unpaired) electrons. The van der Waals surface area contributed by atoms with Crippen LogP contribution in [0, 0.1) is 6.92 Å². The molecular formula is C14H13N2NaO3S2. The third kappa shape index (κ3) is 3.87. The Morgan fingerprint density at radius 1 is 1.18 bits per heavy atom. The van der Waals surface area contributed by atoms with Crippen molar-refractivity contribution >= 4 is 61.4 Å². The third-order valence-corrected chi connectivity index (χ3v) is 4.43. The number of aromatic nitrogens is 1. The fourth-order valence-corrected chi connectivity index (χ4v) is 3.48. The van der Waals surface area contributed by atoms with Crippen LogP contribution in [-0.2, 0) is 10.3 Å². The Balaban J connectivity index is 0.00000176. The van der Waals surface area contributed by atoms with Gasteiger partial charge in [0.15, 0.2) is 0 Å². The van der Waals surface area contributed by atoms with Crippen molar-refractivity contribution in [3.05, 3.63) is 48.0 Å². The number of nitrogens with two attached hydrogens (primary N) is 1. The van der Waals surface area contributed by atoms with Gasteiger partial charge in [0.25, 0.3) is 0 Å². The van der Waals surface area contributed by atoms with Crippen molar-refractivity contribution in [3.8, 4) is 16.3 Å². The third-order valence-electron chi connectivity index (χ3n) is 2.93. The second-order valence-electron chi connectivity index (χ2n) is 4.54. The molecule has 2 N–H and O–H groups in total. The molecule has 0 saturated carbocycles. The normalized spacial score (nSPS) is 11.2. The van der Waals surface area contributed by atoms with Gasteiger partial charge in [-0.1, -0.05) is 12.1 Å². The quantitative estimate of drug-likeness (QED) is 0.739. The molecule has 0 bridgehead atoms. The molecule has 1 heterocycles. The van der Waals surface area contributed by atoms with Crippen molar-refractivity contribution in [2.24, 2.45) is 5.14 Å². The Kier molecular flexibility index (Phi) is 5.26. The van der Waals surface area contributed by atoms with E-state index in [0.29, 0.717) is 0 Å². The first-order chi connectivity index (χ1) is 9.92. The van der Waals surface area contributed by atoms with E-state index >= 15 is 0 Å². The maximum atomic E-state index is 10.9. The van der Waals surface area contributed by atoms with Gasteiger partial charge in [-0.25, -0.2) is 4.98 Å². The van der Waals surface area contributed by atoms with E-state index in [4.69, 9.17) is 5.14 Å². The molecule has 110 valence electrons. The SMILES string of the molecule is Cc1cc(OS(N)(=O)=O)ccc1-c1nc2ccccc2s1.[NaH]. The number of para-hydroxylation sites is 1. The minimum absolute atomic E-state index is 0. The first kappa shape index (κ1) is 17.4. The van der Waals surface area contributed by atoms with E-state index < -0.39 is 10.3 Å². The number of benzene rings is 2. The summed E-state index contributed by atoms with van der Waals surface area (Å²) in [6.45, 7) is 1.87. The van der Waals surface area contributed by atoms with E-state index in [9.17, 15) is 8.42 Å². The summed E-state index contributed by atoms with van der Waals surface area (Å²) in [5.41, 5.74) is 2.76. The van der Waals surface area contributed by atoms with Crippen LogP contribution in [0.2, 0.25) is 0 Å². The average molecular weight is 344 g/mol. The molecule has 1 aromatic heterocycles. The summed E-state index contributed by atoms with van der Waals surface area (Å²) in [4.78, 5) is 4.58. The van der Waals surface area contributed by atoms with Crippen LogP contribution in [0.3, 0.4) is 0 Å². The summed E-state index contributed by atoms with van der Waals surface area (Å²) >= 11 is 1.59. The van der Waals surface area contributed by atoms with Gasteiger partial charge < -0.3 is 4.18 Å². The molecule has 0 spiro atoms. The van der Waals surface area contributed by atoms with Gasteiger partial charge in [-0.3, -0.25) is 0 Å². The Morgan fingerprint density at radius 3 is 2.55 bits per heavy atom. The van der Waals surface area contributed by atoms with Crippen molar-refractivity contribution in [2.75, 3.05) is 0 Å². The second kappa shape index (κ2) is 6.66. The number of thiazole rings is 1. The number of aryl methyl sites for hydroxylation is 1. The molecule has 0 amide bonds. The van der Waals surface area contributed by atoms with Crippen LogP contribution in [0.1, 0.15) is 5.56 Å². The zero-order valence-electron chi connectivity index (χ0n) is 11.1. The molecular weight excluding hydrogens is 331 g/mol. The zero-order valence-corrected chi connectivity index (χ0v) is 12.7. The van der Waals surface area contributed by atoms with Crippen LogP contribution in [0.4, 0.5) is 0 Å². The topological polar surface area (TPSA) is 82.3 Å². The van der Waals surface area contributed by atoms with E-state index in [0.717, 1.165) is 26.4 Å². The van der Waals surface area contributed by atoms with Crippen LogP contribution in [0.15, 0.2) is 42.5 Å². The van der Waals surface area contributed by atoms with Crippen LogP contribution in [0.5, 0.6) is 5.75 Å². The van der Waals surface area contributed by atoms with E-state index in [1.54, 1.807) is 29.5 Å².